The maximum Gasteiger partial charge on any atom is 0.490 e. The molecule has 0 atom stereocenters. The summed E-state index contributed by atoms with van der Waals surface area (Å²) in [6.45, 7) is 3.62. The van der Waals surface area contributed by atoms with Crippen molar-refractivity contribution >= 4 is 23.5 Å². The zero-order valence-electron chi connectivity index (χ0n) is 22.2. The molecular formula is C28H30F3N5O5. The number of rotatable bonds is 7. The van der Waals surface area contributed by atoms with Crippen LogP contribution < -0.4 is 21.1 Å². The van der Waals surface area contributed by atoms with E-state index in [0.717, 1.165) is 44.3 Å². The number of nitrogens with zero attached hydrogens (tertiary/aromatic N) is 2. The lowest BCUT2D eigenvalue weighted by atomic mass is 10.0. The predicted octanol–water partition coefficient (Wildman–Crippen LogP) is 3.65. The molecule has 1 amide bonds. The minimum absolute atomic E-state index is 0.0527. The van der Waals surface area contributed by atoms with Crippen molar-refractivity contribution in [2.24, 2.45) is 0 Å². The van der Waals surface area contributed by atoms with Crippen molar-refractivity contribution in [3.63, 3.8) is 0 Å². The molecule has 2 fully saturated rings. The van der Waals surface area contributed by atoms with Gasteiger partial charge >= 0.3 is 12.1 Å². The second-order valence-corrected chi connectivity index (χ2v) is 9.79. The number of nitrogens with two attached hydrogens (primary N) is 1. The summed E-state index contributed by atoms with van der Waals surface area (Å²) in [5, 5.41) is 18.1. The number of carbonyl (C=O) groups is 3. The van der Waals surface area contributed by atoms with E-state index in [0.29, 0.717) is 16.8 Å². The average Bonchev–Trinajstić information content (AvgIpc) is 3.71. The quantitative estimate of drug-likeness (QED) is 0.313. The number of alkyl halides is 3. The number of ether oxygens (including phenoxy) is 1. The van der Waals surface area contributed by atoms with Gasteiger partial charge in [-0.3, -0.25) is 9.59 Å². The number of carbonyl (C=O) groups excluding carboxylic acids is 2. The number of benzene rings is 2. The Bertz CT molecular complexity index is 1410. The SMILES string of the molecule is Cc1ccc(C(=O)NC2CC2)cc1-n1nc(OC2CCNCC2)c(C(=O)c2ccccc2)c1N.O=C(O)C(F)(F)F. The molecule has 3 aromatic rings. The smallest absolute Gasteiger partial charge is 0.475 e. The second kappa shape index (κ2) is 12.4. The van der Waals surface area contributed by atoms with Crippen molar-refractivity contribution in [2.45, 2.75) is 50.9 Å². The van der Waals surface area contributed by atoms with Crippen molar-refractivity contribution in [2.75, 3.05) is 18.8 Å². The summed E-state index contributed by atoms with van der Waals surface area (Å²) >= 11 is 0. The van der Waals surface area contributed by atoms with E-state index in [4.69, 9.17) is 20.4 Å². The molecule has 1 aliphatic carbocycles. The molecule has 1 saturated heterocycles. The maximum absolute atomic E-state index is 13.5. The Balaban J connectivity index is 0.000000493. The van der Waals surface area contributed by atoms with Gasteiger partial charge < -0.3 is 26.2 Å². The van der Waals surface area contributed by atoms with Crippen LogP contribution in [-0.2, 0) is 4.79 Å². The Morgan fingerprint density at radius 2 is 1.68 bits per heavy atom. The lowest BCUT2D eigenvalue weighted by Crippen LogP contribution is -2.34. The summed E-state index contributed by atoms with van der Waals surface area (Å²) in [7, 11) is 0. The van der Waals surface area contributed by atoms with Crippen LogP contribution in [0, 0.1) is 6.92 Å². The fourth-order valence-electron chi connectivity index (χ4n) is 4.17. The second-order valence-electron chi connectivity index (χ2n) is 9.79. The van der Waals surface area contributed by atoms with Crippen molar-refractivity contribution < 1.29 is 37.4 Å². The largest absolute Gasteiger partial charge is 0.490 e. The van der Waals surface area contributed by atoms with Crippen molar-refractivity contribution in [3.05, 3.63) is 70.8 Å². The number of piperidine rings is 1. The first-order chi connectivity index (χ1) is 19.5. The van der Waals surface area contributed by atoms with Gasteiger partial charge in [0.15, 0.2) is 0 Å². The summed E-state index contributed by atoms with van der Waals surface area (Å²) in [4.78, 5) is 35.0. The van der Waals surface area contributed by atoms with Gasteiger partial charge in [-0.1, -0.05) is 36.4 Å². The molecule has 1 saturated carbocycles. The summed E-state index contributed by atoms with van der Waals surface area (Å²) in [6, 6.07) is 14.7. The van der Waals surface area contributed by atoms with E-state index in [9.17, 15) is 22.8 Å². The van der Waals surface area contributed by atoms with Gasteiger partial charge in [-0.05, 0) is 63.4 Å². The first-order valence-electron chi connectivity index (χ1n) is 13.0. The van der Waals surface area contributed by atoms with Crippen LogP contribution in [0.2, 0.25) is 0 Å². The van der Waals surface area contributed by atoms with Gasteiger partial charge in [-0.15, -0.1) is 5.10 Å². The number of carboxylic acids is 1. The number of aliphatic carboxylic acids is 1. The molecule has 0 spiro atoms. The van der Waals surface area contributed by atoms with Crippen LogP contribution in [0.15, 0.2) is 48.5 Å². The molecule has 2 heterocycles. The highest BCUT2D eigenvalue weighted by atomic mass is 19.4. The van der Waals surface area contributed by atoms with Crippen molar-refractivity contribution in [1.82, 2.24) is 20.4 Å². The molecule has 0 bridgehead atoms. The normalized spacial score (nSPS) is 15.4. The Morgan fingerprint density at radius 3 is 2.27 bits per heavy atom. The fraction of sp³-hybridized carbons (Fsp3) is 0.357. The molecule has 13 heteroatoms. The molecule has 1 aromatic heterocycles. The third-order valence-corrected chi connectivity index (χ3v) is 6.57. The number of aromatic nitrogens is 2. The zero-order chi connectivity index (χ0) is 29.7. The van der Waals surface area contributed by atoms with E-state index >= 15 is 0 Å². The van der Waals surface area contributed by atoms with Gasteiger partial charge in [0.2, 0.25) is 11.7 Å². The minimum Gasteiger partial charge on any atom is -0.475 e. The first kappa shape index (κ1) is 29.6. The lowest BCUT2D eigenvalue weighted by Gasteiger charge is -2.23. The molecular weight excluding hydrogens is 543 g/mol. The molecule has 10 nitrogen and oxygen atoms in total. The summed E-state index contributed by atoms with van der Waals surface area (Å²) in [5.41, 5.74) is 9.36. The number of hydrogen-bond acceptors (Lipinski definition) is 7. The van der Waals surface area contributed by atoms with Crippen LogP contribution in [0.1, 0.15) is 57.5 Å². The highest BCUT2D eigenvalue weighted by molar-refractivity contribution is 6.13. The van der Waals surface area contributed by atoms with Crippen LogP contribution in [0.3, 0.4) is 0 Å². The van der Waals surface area contributed by atoms with Gasteiger partial charge in [0, 0.05) is 17.2 Å². The van der Waals surface area contributed by atoms with Crippen LogP contribution in [0.4, 0.5) is 19.0 Å². The number of halogens is 3. The summed E-state index contributed by atoms with van der Waals surface area (Å²) in [5.74, 6) is -2.70. The Hall–Kier alpha value is -4.39. The summed E-state index contributed by atoms with van der Waals surface area (Å²) < 4.78 is 39.5. The monoisotopic (exact) mass is 573 g/mol. The average molecular weight is 574 g/mol. The van der Waals surface area contributed by atoms with E-state index in [1.54, 1.807) is 24.3 Å². The van der Waals surface area contributed by atoms with E-state index < -0.39 is 12.1 Å². The van der Waals surface area contributed by atoms with Crippen LogP contribution in [-0.4, -0.2) is 64.0 Å². The maximum atomic E-state index is 13.5. The van der Waals surface area contributed by atoms with E-state index in [-0.39, 0.29) is 41.1 Å². The van der Waals surface area contributed by atoms with Gasteiger partial charge in [-0.25, -0.2) is 9.48 Å². The molecule has 0 radical (unpaired) electrons. The number of anilines is 1. The number of nitrogen functional groups attached to an aromatic ring is 1. The zero-order valence-corrected chi connectivity index (χ0v) is 22.2. The molecule has 0 unspecified atom stereocenters. The molecule has 1 aliphatic heterocycles. The topological polar surface area (TPSA) is 149 Å². The Morgan fingerprint density at radius 1 is 1.05 bits per heavy atom. The third kappa shape index (κ3) is 7.42. The minimum atomic E-state index is -5.08. The first-order valence-corrected chi connectivity index (χ1v) is 13.0. The number of amides is 1. The van der Waals surface area contributed by atoms with Crippen molar-refractivity contribution in [1.29, 1.82) is 0 Å². The van der Waals surface area contributed by atoms with Crippen LogP contribution >= 0.6 is 0 Å². The molecule has 2 aliphatic rings. The van der Waals surface area contributed by atoms with Crippen LogP contribution in [0.5, 0.6) is 5.88 Å². The van der Waals surface area contributed by atoms with Crippen molar-refractivity contribution in [3.8, 4) is 11.6 Å². The standard InChI is InChI=1S/C26H29N5O3.C2HF3O2/c1-16-7-8-18(25(33)29-19-9-10-19)15-21(16)31-24(27)22(23(32)17-5-3-2-4-6-17)26(30-31)34-20-11-13-28-14-12-20;3-2(4,5)1(6)7/h2-8,15,19-20,28H,9-14,27H2,1H3,(H,29,33);(H,6,7). The lowest BCUT2D eigenvalue weighted by molar-refractivity contribution is -0.192. The number of aryl methyl sites for hydroxylation is 1. The number of carboxylic acid groups (broad SMARTS) is 1. The molecule has 218 valence electrons. The molecule has 5 rings (SSSR count). The van der Waals surface area contributed by atoms with Gasteiger partial charge in [0.1, 0.15) is 17.5 Å². The van der Waals surface area contributed by atoms with E-state index in [1.165, 1.54) is 4.68 Å². The van der Waals surface area contributed by atoms with Crippen LogP contribution in [0.25, 0.3) is 5.69 Å². The Labute approximate surface area is 233 Å². The highest BCUT2D eigenvalue weighted by Gasteiger charge is 2.38. The van der Waals surface area contributed by atoms with E-state index in [2.05, 4.69) is 15.7 Å². The molecule has 2 aromatic carbocycles. The summed E-state index contributed by atoms with van der Waals surface area (Å²) in [6.07, 6.45) is -1.47. The van der Waals surface area contributed by atoms with Gasteiger partial charge in [0.05, 0.1) is 5.69 Å². The number of nitrogens with one attached hydrogen (secondary N) is 2. The molecule has 5 N–H and O–H groups in total. The number of ketones is 1. The molecule has 41 heavy (non-hydrogen) atoms. The Kier molecular flexibility index (Phi) is 8.96. The number of hydrogen-bond donors (Lipinski definition) is 4. The highest BCUT2D eigenvalue weighted by Crippen LogP contribution is 2.32. The third-order valence-electron chi connectivity index (χ3n) is 6.57. The fourth-order valence-corrected chi connectivity index (χ4v) is 4.17. The van der Waals surface area contributed by atoms with Gasteiger partial charge in [0.25, 0.3) is 5.91 Å². The predicted molar refractivity (Wildman–Crippen MR) is 143 cm³/mol. The van der Waals surface area contributed by atoms with E-state index in [1.807, 2.05) is 31.2 Å². The van der Waals surface area contributed by atoms with Gasteiger partial charge in [-0.2, -0.15) is 13.2 Å².